The molecule has 1 fully saturated rings. The molecule has 2 amide bonds. The fourth-order valence-electron chi connectivity index (χ4n) is 3.40. The molecular formula is C24H23N3O4. The molecule has 0 bridgehead atoms. The van der Waals surface area contributed by atoms with Crippen molar-refractivity contribution in [3.8, 4) is 17.4 Å². The summed E-state index contributed by atoms with van der Waals surface area (Å²) in [6.07, 6.45) is 2.97. The van der Waals surface area contributed by atoms with Crippen molar-refractivity contribution in [2.24, 2.45) is 0 Å². The maximum absolute atomic E-state index is 12.5. The molecule has 0 aliphatic carbocycles. The number of hydrogen-bond acceptors (Lipinski definition) is 5. The van der Waals surface area contributed by atoms with Crippen molar-refractivity contribution in [2.75, 3.05) is 23.9 Å². The highest BCUT2D eigenvalue weighted by Crippen LogP contribution is 2.31. The number of carbonyl (C=O) groups is 2. The molecule has 7 heteroatoms. The summed E-state index contributed by atoms with van der Waals surface area (Å²) in [5.74, 6) is 1.44. The van der Waals surface area contributed by atoms with Crippen molar-refractivity contribution in [1.29, 1.82) is 0 Å². The van der Waals surface area contributed by atoms with Gasteiger partial charge in [-0.25, -0.2) is 4.98 Å². The minimum atomic E-state index is -0.255. The minimum Gasteiger partial charge on any atom is -0.493 e. The molecule has 2 aromatic carbocycles. The van der Waals surface area contributed by atoms with Gasteiger partial charge in [0.15, 0.2) is 11.5 Å². The van der Waals surface area contributed by atoms with Gasteiger partial charge in [0.05, 0.1) is 19.0 Å². The van der Waals surface area contributed by atoms with E-state index in [1.165, 1.54) is 6.20 Å². The lowest BCUT2D eigenvalue weighted by atomic mass is 10.2. The largest absolute Gasteiger partial charge is 0.493 e. The van der Waals surface area contributed by atoms with E-state index >= 15 is 0 Å². The number of hydrogen-bond donors (Lipinski definition) is 1. The Kier molecular flexibility index (Phi) is 5.84. The van der Waals surface area contributed by atoms with Crippen LogP contribution in [0.2, 0.25) is 0 Å². The van der Waals surface area contributed by atoms with Crippen LogP contribution in [0.1, 0.15) is 28.8 Å². The molecule has 1 aliphatic rings. The number of methoxy groups -OCH3 is 1. The van der Waals surface area contributed by atoms with Gasteiger partial charge in [0.25, 0.3) is 5.91 Å². The number of ether oxygens (including phenoxy) is 2. The highest BCUT2D eigenvalue weighted by molar-refractivity contribution is 6.04. The zero-order valence-corrected chi connectivity index (χ0v) is 17.4. The Morgan fingerprint density at radius 3 is 2.52 bits per heavy atom. The summed E-state index contributed by atoms with van der Waals surface area (Å²) >= 11 is 0. The third kappa shape index (κ3) is 4.66. The molecule has 7 nitrogen and oxygen atoms in total. The summed E-state index contributed by atoms with van der Waals surface area (Å²) < 4.78 is 11.1. The van der Waals surface area contributed by atoms with E-state index in [1.54, 1.807) is 48.4 Å². The van der Waals surface area contributed by atoms with Gasteiger partial charge in [-0.15, -0.1) is 0 Å². The maximum atomic E-state index is 12.5. The van der Waals surface area contributed by atoms with Gasteiger partial charge in [-0.1, -0.05) is 6.07 Å². The molecule has 1 N–H and O–H groups in total. The van der Waals surface area contributed by atoms with Crippen LogP contribution in [-0.2, 0) is 4.79 Å². The number of aromatic nitrogens is 1. The van der Waals surface area contributed by atoms with Gasteiger partial charge in [0, 0.05) is 30.3 Å². The van der Waals surface area contributed by atoms with Gasteiger partial charge in [-0.05, 0) is 61.4 Å². The standard InChI is InChI=1S/C24H23N3O4/c1-16-5-11-20(21(14-16)30-2)31-22-12-8-18(15-25-22)26-24(29)17-6-9-19(10-7-17)27-13-3-4-23(27)28/h5-12,14-15H,3-4,13H2,1-2H3,(H,26,29). The molecular weight excluding hydrogens is 394 g/mol. The van der Waals surface area contributed by atoms with Gasteiger partial charge in [0.1, 0.15) is 0 Å². The number of benzene rings is 2. The molecule has 1 aliphatic heterocycles. The first-order valence-corrected chi connectivity index (χ1v) is 10.0. The van der Waals surface area contributed by atoms with Crippen molar-refractivity contribution < 1.29 is 19.1 Å². The number of nitrogens with zero attached hydrogens (tertiary/aromatic N) is 2. The molecule has 0 atom stereocenters. The van der Waals surface area contributed by atoms with Crippen LogP contribution in [0.5, 0.6) is 17.4 Å². The molecule has 1 saturated heterocycles. The first-order valence-electron chi connectivity index (χ1n) is 10.0. The molecule has 4 rings (SSSR count). The molecule has 31 heavy (non-hydrogen) atoms. The summed E-state index contributed by atoms with van der Waals surface area (Å²) in [4.78, 5) is 30.4. The average molecular weight is 417 g/mol. The third-order valence-corrected chi connectivity index (χ3v) is 5.04. The summed E-state index contributed by atoms with van der Waals surface area (Å²) in [7, 11) is 1.59. The molecule has 0 saturated carbocycles. The second-order valence-corrected chi connectivity index (χ2v) is 7.29. The second-order valence-electron chi connectivity index (χ2n) is 7.29. The minimum absolute atomic E-state index is 0.119. The van der Waals surface area contributed by atoms with Crippen LogP contribution in [0.3, 0.4) is 0 Å². The first kappa shape index (κ1) is 20.4. The lowest BCUT2D eigenvalue weighted by Crippen LogP contribution is -2.23. The van der Waals surface area contributed by atoms with Crippen LogP contribution in [0, 0.1) is 6.92 Å². The molecule has 0 unspecified atom stereocenters. The third-order valence-electron chi connectivity index (χ3n) is 5.04. The molecule has 0 radical (unpaired) electrons. The smallest absolute Gasteiger partial charge is 0.255 e. The molecule has 1 aromatic heterocycles. The maximum Gasteiger partial charge on any atom is 0.255 e. The monoisotopic (exact) mass is 417 g/mol. The van der Waals surface area contributed by atoms with Crippen molar-refractivity contribution in [3.05, 3.63) is 71.9 Å². The van der Waals surface area contributed by atoms with Crippen molar-refractivity contribution >= 4 is 23.2 Å². The van der Waals surface area contributed by atoms with Crippen LogP contribution in [0.4, 0.5) is 11.4 Å². The Labute approximate surface area is 180 Å². The Balaban J connectivity index is 1.39. The lowest BCUT2D eigenvalue weighted by molar-refractivity contribution is -0.117. The number of amides is 2. The van der Waals surface area contributed by atoms with Gasteiger partial charge in [-0.3, -0.25) is 9.59 Å². The van der Waals surface area contributed by atoms with Crippen LogP contribution in [-0.4, -0.2) is 30.5 Å². The number of anilines is 2. The van der Waals surface area contributed by atoms with E-state index < -0.39 is 0 Å². The van der Waals surface area contributed by atoms with E-state index in [9.17, 15) is 9.59 Å². The van der Waals surface area contributed by atoms with Crippen LogP contribution < -0.4 is 19.7 Å². The van der Waals surface area contributed by atoms with Crippen LogP contribution in [0.25, 0.3) is 0 Å². The van der Waals surface area contributed by atoms with Gasteiger partial charge in [0.2, 0.25) is 11.8 Å². The highest BCUT2D eigenvalue weighted by Gasteiger charge is 2.21. The fourth-order valence-corrected chi connectivity index (χ4v) is 3.40. The predicted octanol–water partition coefficient (Wildman–Crippen LogP) is 4.57. The number of pyridine rings is 1. The van der Waals surface area contributed by atoms with Crippen LogP contribution >= 0.6 is 0 Å². The van der Waals surface area contributed by atoms with Crippen molar-refractivity contribution in [3.63, 3.8) is 0 Å². The Morgan fingerprint density at radius 1 is 1.06 bits per heavy atom. The number of aryl methyl sites for hydroxylation is 1. The number of nitrogens with one attached hydrogen (secondary N) is 1. The fraction of sp³-hybridized carbons (Fsp3) is 0.208. The summed E-state index contributed by atoms with van der Waals surface area (Å²) in [5, 5.41) is 2.81. The van der Waals surface area contributed by atoms with Crippen molar-refractivity contribution in [2.45, 2.75) is 19.8 Å². The SMILES string of the molecule is COc1cc(C)ccc1Oc1ccc(NC(=O)c2ccc(N3CCCC3=O)cc2)cn1. The quantitative estimate of drug-likeness (QED) is 0.635. The molecule has 158 valence electrons. The molecule has 3 aromatic rings. The highest BCUT2D eigenvalue weighted by atomic mass is 16.5. The zero-order valence-electron chi connectivity index (χ0n) is 17.4. The molecule has 0 spiro atoms. The number of rotatable bonds is 6. The zero-order chi connectivity index (χ0) is 21.8. The predicted molar refractivity (Wildman–Crippen MR) is 118 cm³/mol. The Hall–Kier alpha value is -3.87. The van der Waals surface area contributed by atoms with Gasteiger partial charge < -0.3 is 19.7 Å². The van der Waals surface area contributed by atoms with E-state index in [4.69, 9.17) is 9.47 Å². The Morgan fingerprint density at radius 2 is 1.87 bits per heavy atom. The molecule has 2 heterocycles. The van der Waals surface area contributed by atoms with Crippen molar-refractivity contribution in [1.82, 2.24) is 4.98 Å². The van der Waals surface area contributed by atoms with E-state index in [0.29, 0.717) is 35.1 Å². The van der Waals surface area contributed by atoms with E-state index in [1.807, 2.05) is 25.1 Å². The summed E-state index contributed by atoms with van der Waals surface area (Å²) in [6.45, 7) is 2.69. The number of carbonyl (C=O) groups excluding carboxylic acids is 2. The second kappa shape index (κ2) is 8.87. The van der Waals surface area contributed by atoms with Crippen LogP contribution in [0.15, 0.2) is 60.8 Å². The lowest BCUT2D eigenvalue weighted by Gasteiger charge is -2.15. The van der Waals surface area contributed by atoms with E-state index in [0.717, 1.165) is 24.2 Å². The van der Waals surface area contributed by atoms with E-state index in [2.05, 4.69) is 10.3 Å². The topological polar surface area (TPSA) is 80.8 Å². The van der Waals surface area contributed by atoms with Gasteiger partial charge >= 0.3 is 0 Å². The summed E-state index contributed by atoms with van der Waals surface area (Å²) in [6, 6.07) is 16.0. The van der Waals surface area contributed by atoms with E-state index in [-0.39, 0.29) is 11.8 Å². The van der Waals surface area contributed by atoms with Gasteiger partial charge in [-0.2, -0.15) is 0 Å². The average Bonchev–Trinajstić information content (AvgIpc) is 3.22. The first-order chi connectivity index (χ1) is 15.0. The summed E-state index contributed by atoms with van der Waals surface area (Å²) in [5.41, 5.74) is 2.93. The Bertz CT molecular complexity index is 1090. The normalized spacial score (nSPS) is 13.2.